The average molecular weight is 381 g/mol. The van der Waals surface area contributed by atoms with Crippen molar-refractivity contribution in [3.8, 4) is 11.1 Å². The van der Waals surface area contributed by atoms with Crippen molar-refractivity contribution < 1.29 is 0 Å². The number of para-hydroxylation sites is 1. The molecule has 0 spiro atoms. The molecule has 27 heavy (non-hydrogen) atoms. The van der Waals surface area contributed by atoms with Gasteiger partial charge in [-0.1, -0.05) is 41.9 Å². The van der Waals surface area contributed by atoms with Gasteiger partial charge in [-0.05, 0) is 30.8 Å². The zero-order valence-electron chi connectivity index (χ0n) is 15.1. The fraction of sp³-hybridized carbons (Fsp3) is 0.250. The lowest BCUT2D eigenvalue weighted by molar-refractivity contribution is 0.311. The molecule has 1 fully saturated rings. The molecular formula is C20H21ClN6. The van der Waals surface area contributed by atoms with Gasteiger partial charge in [-0.15, -0.1) is 0 Å². The molecular weight excluding hydrogens is 360 g/mol. The molecule has 1 aliphatic heterocycles. The van der Waals surface area contributed by atoms with E-state index in [-0.39, 0.29) is 0 Å². The number of benzene rings is 2. The summed E-state index contributed by atoms with van der Waals surface area (Å²) in [5.41, 5.74) is 3.01. The molecule has 1 aromatic heterocycles. The highest BCUT2D eigenvalue weighted by Crippen LogP contribution is 2.31. The van der Waals surface area contributed by atoms with Gasteiger partial charge < -0.3 is 15.1 Å². The Morgan fingerprint density at radius 1 is 0.963 bits per heavy atom. The van der Waals surface area contributed by atoms with Gasteiger partial charge in [-0.2, -0.15) is 4.98 Å². The predicted octanol–water partition coefficient (Wildman–Crippen LogP) is 3.69. The minimum absolute atomic E-state index is 0.536. The maximum atomic E-state index is 6.16. The standard InChI is InChI=1S/C20H21ClN6/c1-26-9-11-27(12-10-26)20-23-14-22-19(25-20)24-18-8-3-2-7-17(18)15-5-4-6-16(21)13-15/h2-8,13-14H,9-12H2,1H3,(H,22,23,24,25). The fourth-order valence-electron chi connectivity index (χ4n) is 3.13. The first-order chi connectivity index (χ1) is 13.2. The van der Waals surface area contributed by atoms with Crippen molar-refractivity contribution in [1.82, 2.24) is 19.9 Å². The van der Waals surface area contributed by atoms with Crippen LogP contribution in [0.4, 0.5) is 17.6 Å². The highest BCUT2D eigenvalue weighted by Gasteiger charge is 2.17. The third-order valence-corrected chi connectivity index (χ3v) is 4.89. The Kier molecular flexibility index (Phi) is 5.18. The molecule has 3 aromatic rings. The van der Waals surface area contributed by atoms with E-state index in [9.17, 15) is 0 Å². The molecule has 0 amide bonds. The lowest BCUT2D eigenvalue weighted by Crippen LogP contribution is -2.45. The van der Waals surface area contributed by atoms with Crippen LogP contribution in [0.3, 0.4) is 0 Å². The fourth-order valence-corrected chi connectivity index (χ4v) is 3.32. The lowest BCUT2D eigenvalue weighted by atomic mass is 10.0. The van der Waals surface area contributed by atoms with E-state index in [1.165, 1.54) is 0 Å². The van der Waals surface area contributed by atoms with Crippen molar-refractivity contribution >= 4 is 29.2 Å². The highest BCUT2D eigenvalue weighted by atomic mass is 35.5. The van der Waals surface area contributed by atoms with E-state index >= 15 is 0 Å². The van der Waals surface area contributed by atoms with Gasteiger partial charge in [0.25, 0.3) is 0 Å². The quantitative estimate of drug-likeness (QED) is 0.745. The van der Waals surface area contributed by atoms with Crippen molar-refractivity contribution in [2.45, 2.75) is 0 Å². The molecule has 138 valence electrons. The van der Waals surface area contributed by atoms with Crippen LogP contribution in [0.15, 0.2) is 54.9 Å². The van der Waals surface area contributed by atoms with Crippen LogP contribution < -0.4 is 10.2 Å². The SMILES string of the molecule is CN1CCN(c2ncnc(Nc3ccccc3-c3cccc(Cl)c3)n2)CC1. The van der Waals surface area contributed by atoms with E-state index in [0.29, 0.717) is 16.9 Å². The van der Waals surface area contributed by atoms with Gasteiger partial charge in [0, 0.05) is 42.5 Å². The molecule has 0 radical (unpaired) electrons. The maximum Gasteiger partial charge on any atom is 0.232 e. The molecule has 6 nitrogen and oxygen atoms in total. The molecule has 0 saturated carbocycles. The van der Waals surface area contributed by atoms with Crippen molar-refractivity contribution in [3.63, 3.8) is 0 Å². The van der Waals surface area contributed by atoms with Crippen molar-refractivity contribution in [2.24, 2.45) is 0 Å². The van der Waals surface area contributed by atoms with E-state index < -0.39 is 0 Å². The van der Waals surface area contributed by atoms with Crippen LogP contribution in [-0.2, 0) is 0 Å². The minimum Gasteiger partial charge on any atom is -0.338 e. The van der Waals surface area contributed by atoms with Gasteiger partial charge in [0.15, 0.2) is 0 Å². The summed E-state index contributed by atoms with van der Waals surface area (Å²) in [6.07, 6.45) is 1.56. The van der Waals surface area contributed by atoms with E-state index in [2.05, 4.69) is 43.2 Å². The molecule has 1 saturated heterocycles. The predicted molar refractivity (Wildman–Crippen MR) is 110 cm³/mol. The van der Waals surface area contributed by atoms with Gasteiger partial charge >= 0.3 is 0 Å². The molecule has 2 aromatic carbocycles. The molecule has 4 rings (SSSR count). The van der Waals surface area contributed by atoms with Gasteiger partial charge in [0.2, 0.25) is 11.9 Å². The monoisotopic (exact) mass is 380 g/mol. The summed E-state index contributed by atoms with van der Waals surface area (Å²) >= 11 is 6.16. The van der Waals surface area contributed by atoms with E-state index in [1.54, 1.807) is 6.33 Å². The number of piperazine rings is 1. The summed E-state index contributed by atoms with van der Waals surface area (Å²) in [7, 11) is 2.13. The summed E-state index contributed by atoms with van der Waals surface area (Å²) in [5.74, 6) is 1.24. The van der Waals surface area contributed by atoms with Crippen LogP contribution in [0.5, 0.6) is 0 Å². The summed E-state index contributed by atoms with van der Waals surface area (Å²) in [6.45, 7) is 3.84. The number of anilines is 3. The summed E-state index contributed by atoms with van der Waals surface area (Å²) in [6, 6.07) is 15.9. The van der Waals surface area contributed by atoms with E-state index in [4.69, 9.17) is 11.6 Å². The van der Waals surface area contributed by atoms with Gasteiger partial charge in [0.05, 0.1) is 0 Å². The van der Waals surface area contributed by atoms with Crippen LogP contribution in [0.2, 0.25) is 5.02 Å². The number of hydrogen-bond donors (Lipinski definition) is 1. The Morgan fingerprint density at radius 3 is 2.59 bits per heavy atom. The number of rotatable bonds is 4. The first-order valence-corrected chi connectivity index (χ1v) is 9.31. The first kappa shape index (κ1) is 17.7. The molecule has 7 heteroatoms. The summed E-state index contributed by atoms with van der Waals surface area (Å²) in [5, 5.41) is 4.04. The van der Waals surface area contributed by atoms with Crippen LogP contribution in [0.1, 0.15) is 0 Å². The third kappa shape index (κ3) is 4.18. The second kappa shape index (κ2) is 7.90. The summed E-state index contributed by atoms with van der Waals surface area (Å²) in [4.78, 5) is 17.8. The number of aromatic nitrogens is 3. The number of halogens is 1. The maximum absolute atomic E-state index is 6.16. The second-order valence-electron chi connectivity index (χ2n) is 6.58. The van der Waals surface area contributed by atoms with Gasteiger partial charge in [-0.25, -0.2) is 9.97 Å². The molecule has 0 aliphatic carbocycles. The number of nitrogens with one attached hydrogen (secondary N) is 1. The van der Waals surface area contributed by atoms with E-state index in [0.717, 1.165) is 43.0 Å². The van der Waals surface area contributed by atoms with Gasteiger partial charge in [-0.3, -0.25) is 0 Å². The lowest BCUT2D eigenvalue weighted by Gasteiger charge is -2.32. The van der Waals surface area contributed by atoms with Crippen LogP contribution in [-0.4, -0.2) is 53.1 Å². The zero-order valence-corrected chi connectivity index (χ0v) is 15.9. The molecule has 0 atom stereocenters. The number of nitrogens with zero attached hydrogens (tertiary/aromatic N) is 5. The first-order valence-electron chi connectivity index (χ1n) is 8.93. The Morgan fingerprint density at radius 2 is 1.78 bits per heavy atom. The molecule has 2 heterocycles. The largest absolute Gasteiger partial charge is 0.338 e. The van der Waals surface area contributed by atoms with Crippen LogP contribution >= 0.6 is 11.6 Å². The normalized spacial score (nSPS) is 15.0. The third-order valence-electron chi connectivity index (χ3n) is 4.65. The average Bonchev–Trinajstić information content (AvgIpc) is 2.69. The molecule has 1 N–H and O–H groups in total. The zero-order chi connectivity index (χ0) is 18.6. The van der Waals surface area contributed by atoms with Crippen molar-refractivity contribution in [1.29, 1.82) is 0 Å². The highest BCUT2D eigenvalue weighted by molar-refractivity contribution is 6.30. The van der Waals surface area contributed by atoms with Gasteiger partial charge in [0.1, 0.15) is 6.33 Å². The topological polar surface area (TPSA) is 57.2 Å². The smallest absolute Gasteiger partial charge is 0.232 e. The van der Waals surface area contributed by atoms with Crippen LogP contribution in [0, 0.1) is 0 Å². The molecule has 0 unspecified atom stereocenters. The Balaban J connectivity index is 1.59. The Bertz CT molecular complexity index is 924. The Hall–Kier alpha value is -2.70. The number of likely N-dealkylation sites (N-methyl/N-ethyl adjacent to an activating group) is 1. The van der Waals surface area contributed by atoms with Crippen molar-refractivity contribution in [2.75, 3.05) is 43.4 Å². The van der Waals surface area contributed by atoms with Crippen molar-refractivity contribution in [3.05, 3.63) is 59.9 Å². The summed E-state index contributed by atoms with van der Waals surface area (Å²) < 4.78 is 0. The number of hydrogen-bond acceptors (Lipinski definition) is 6. The molecule has 1 aliphatic rings. The minimum atomic E-state index is 0.536. The van der Waals surface area contributed by atoms with Crippen LogP contribution in [0.25, 0.3) is 11.1 Å². The molecule has 0 bridgehead atoms. The Labute approximate surface area is 163 Å². The second-order valence-corrected chi connectivity index (χ2v) is 7.02. The van der Waals surface area contributed by atoms with E-state index in [1.807, 2.05) is 42.5 Å².